The summed E-state index contributed by atoms with van der Waals surface area (Å²) in [4.78, 5) is 12.3. The van der Waals surface area contributed by atoms with Gasteiger partial charge in [0, 0.05) is 24.8 Å². The molecule has 5 nitrogen and oxygen atoms in total. The van der Waals surface area contributed by atoms with Crippen LogP contribution in [0.4, 0.5) is 14.5 Å². The van der Waals surface area contributed by atoms with Gasteiger partial charge < -0.3 is 5.32 Å². The third kappa shape index (κ3) is 4.39. The van der Waals surface area contributed by atoms with Crippen molar-refractivity contribution in [2.45, 2.75) is 25.2 Å². The molecule has 1 aliphatic rings. The summed E-state index contributed by atoms with van der Waals surface area (Å²) < 4.78 is 53.9. The molecule has 150 valence electrons. The van der Waals surface area contributed by atoms with E-state index in [1.165, 1.54) is 28.6 Å². The van der Waals surface area contributed by atoms with E-state index in [0.29, 0.717) is 36.7 Å². The van der Waals surface area contributed by atoms with Gasteiger partial charge in [-0.05, 0) is 54.7 Å². The van der Waals surface area contributed by atoms with Gasteiger partial charge in [-0.1, -0.05) is 13.8 Å². The molecule has 2 aromatic carbocycles. The molecule has 0 aliphatic carbocycles. The van der Waals surface area contributed by atoms with Crippen LogP contribution in [0.2, 0.25) is 0 Å². The second kappa shape index (κ2) is 7.97. The Labute approximate surface area is 163 Å². The first kappa shape index (κ1) is 20.4. The molecule has 1 amide bonds. The van der Waals surface area contributed by atoms with E-state index >= 15 is 0 Å². The zero-order chi connectivity index (χ0) is 20.5. The summed E-state index contributed by atoms with van der Waals surface area (Å²) in [6.07, 6.45) is 0.997. The van der Waals surface area contributed by atoms with Crippen molar-refractivity contribution in [2.75, 3.05) is 18.4 Å². The number of halogens is 2. The van der Waals surface area contributed by atoms with Gasteiger partial charge in [-0.15, -0.1) is 0 Å². The standard InChI is InChI=1S/C20H22F2N2O3S/c1-13-9-14(2)12-24(11-13)28(26,27)17-6-4-16(5-7-17)23-20(25)18-8-3-15(21)10-19(18)22/h3-8,10,13-14H,9,11-12H2,1-2H3,(H,23,25)/t13-,14-/m1/s1. The average Bonchev–Trinajstić information content (AvgIpc) is 2.61. The van der Waals surface area contributed by atoms with Crippen LogP contribution in [0.1, 0.15) is 30.6 Å². The molecule has 3 rings (SSSR count). The molecule has 0 saturated carbocycles. The molecule has 0 aromatic heterocycles. The van der Waals surface area contributed by atoms with E-state index in [2.05, 4.69) is 5.32 Å². The van der Waals surface area contributed by atoms with E-state index in [1.54, 1.807) is 0 Å². The summed E-state index contributed by atoms with van der Waals surface area (Å²) in [7, 11) is -3.62. The summed E-state index contributed by atoms with van der Waals surface area (Å²) in [6.45, 7) is 5.03. The third-order valence-electron chi connectivity index (χ3n) is 4.76. The van der Waals surface area contributed by atoms with Crippen LogP contribution in [0.25, 0.3) is 0 Å². The number of nitrogens with one attached hydrogen (secondary N) is 1. The molecule has 2 atom stereocenters. The fourth-order valence-corrected chi connectivity index (χ4v) is 5.21. The lowest BCUT2D eigenvalue weighted by atomic mass is 9.94. The zero-order valence-corrected chi connectivity index (χ0v) is 16.5. The van der Waals surface area contributed by atoms with Crippen molar-refractivity contribution < 1.29 is 22.0 Å². The molecule has 0 spiro atoms. The van der Waals surface area contributed by atoms with E-state index < -0.39 is 27.6 Å². The van der Waals surface area contributed by atoms with Crippen molar-refractivity contribution in [3.63, 3.8) is 0 Å². The van der Waals surface area contributed by atoms with Crippen LogP contribution in [0.5, 0.6) is 0 Å². The maximum atomic E-state index is 13.7. The zero-order valence-electron chi connectivity index (χ0n) is 15.7. The topological polar surface area (TPSA) is 66.5 Å². The lowest BCUT2D eigenvalue weighted by molar-refractivity contribution is 0.102. The first-order valence-corrected chi connectivity index (χ1v) is 10.5. The number of piperidine rings is 1. The number of amides is 1. The Balaban J connectivity index is 1.75. The number of hydrogen-bond donors (Lipinski definition) is 1. The molecule has 1 saturated heterocycles. The van der Waals surface area contributed by atoms with Crippen molar-refractivity contribution in [1.82, 2.24) is 4.31 Å². The normalized spacial score (nSPS) is 20.7. The van der Waals surface area contributed by atoms with E-state index in [-0.39, 0.29) is 10.5 Å². The number of nitrogens with zero attached hydrogens (tertiary/aromatic N) is 1. The maximum absolute atomic E-state index is 13.7. The van der Waals surface area contributed by atoms with Crippen LogP contribution in [0.15, 0.2) is 47.4 Å². The van der Waals surface area contributed by atoms with Crippen LogP contribution in [-0.4, -0.2) is 31.7 Å². The van der Waals surface area contributed by atoms with Crippen LogP contribution in [0.3, 0.4) is 0 Å². The molecular weight excluding hydrogens is 386 g/mol. The quantitative estimate of drug-likeness (QED) is 0.835. The molecule has 0 bridgehead atoms. The fourth-order valence-electron chi connectivity index (χ4n) is 3.53. The lowest BCUT2D eigenvalue weighted by Gasteiger charge is -2.34. The third-order valence-corrected chi connectivity index (χ3v) is 6.61. The summed E-state index contributed by atoms with van der Waals surface area (Å²) in [5.41, 5.74) is 0.0162. The predicted molar refractivity (Wildman–Crippen MR) is 102 cm³/mol. The first-order valence-electron chi connectivity index (χ1n) is 9.03. The smallest absolute Gasteiger partial charge is 0.258 e. The molecule has 1 N–H and O–H groups in total. The number of hydrogen-bond acceptors (Lipinski definition) is 3. The van der Waals surface area contributed by atoms with E-state index in [4.69, 9.17) is 0 Å². The van der Waals surface area contributed by atoms with Gasteiger partial charge >= 0.3 is 0 Å². The molecule has 28 heavy (non-hydrogen) atoms. The number of sulfonamides is 1. The predicted octanol–water partition coefficient (Wildman–Crippen LogP) is 3.88. The number of carbonyl (C=O) groups is 1. The minimum absolute atomic E-state index is 0.139. The van der Waals surface area contributed by atoms with Crippen LogP contribution in [0, 0.1) is 23.5 Å². The molecule has 8 heteroatoms. The van der Waals surface area contributed by atoms with E-state index in [0.717, 1.165) is 18.6 Å². The maximum Gasteiger partial charge on any atom is 0.258 e. The molecule has 0 unspecified atom stereocenters. The van der Waals surface area contributed by atoms with Gasteiger partial charge in [0.1, 0.15) is 11.6 Å². The van der Waals surface area contributed by atoms with Crippen LogP contribution < -0.4 is 5.32 Å². The Morgan fingerprint density at radius 2 is 1.64 bits per heavy atom. The first-order chi connectivity index (χ1) is 13.2. The summed E-state index contributed by atoms with van der Waals surface area (Å²) in [6, 6.07) is 8.40. The highest BCUT2D eigenvalue weighted by Crippen LogP contribution is 2.27. The van der Waals surface area contributed by atoms with Gasteiger partial charge in [0.2, 0.25) is 10.0 Å². The summed E-state index contributed by atoms with van der Waals surface area (Å²) in [5, 5.41) is 2.48. The van der Waals surface area contributed by atoms with Gasteiger partial charge in [0.15, 0.2) is 0 Å². The van der Waals surface area contributed by atoms with E-state index in [1.807, 2.05) is 13.8 Å². The monoisotopic (exact) mass is 408 g/mol. The van der Waals surface area contributed by atoms with Crippen molar-refractivity contribution in [3.05, 3.63) is 59.7 Å². The Hall–Kier alpha value is -2.32. The molecular formula is C20H22F2N2O3S. The SMILES string of the molecule is C[C@@H]1C[C@@H](C)CN(S(=O)(=O)c2ccc(NC(=O)c3ccc(F)cc3F)cc2)C1. The number of rotatable bonds is 4. The molecule has 1 aliphatic heterocycles. The highest BCUT2D eigenvalue weighted by molar-refractivity contribution is 7.89. The van der Waals surface area contributed by atoms with Gasteiger partial charge in [0.05, 0.1) is 10.5 Å². The Morgan fingerprint density at radius 3 is 2.21 bits per heavy atom. The van der Waals surface area contributed by atoms with Crippen molar-refractivity contribution >= 4 is 21.6 Å². The van der Waals surface area contributed by atoms with Crippen molar-refractivity contribution in [2.24, 2.45) is 11.8 Å². The minimum Gasteiger partial charge on any atom is -0.322 e. The highest BCUT2D eigenvalue weighted by atomic mass is 32.2. The Kier molecular flexibility index (Phi) is 5.81. The highest BCUT2D eigenvalue weighted by Gasteiger charge is 2.31. The van der Waals surface area contributed by atoms with Gasteiger partial charge in [-0.25, -0.2) is 17.2 Å². The van der Waals surface area contributed by atoms with Gasteiger partial charge in [-0.3, -0.25) is 4.79 Å². The van der Waals surface area contributed by atoms with Crippen molar-refractivity contribution in [3.8, 4) is 0 Å². The number of carbonyl (C=O) groups excluding carboxylic acids is 1. The second-order valence-electron chi connectivity index (χ2n) is 7.37. The number of benzene rings is 2. The lowest BCUT2D eigenvalue weighted by Crippen LogP contribution is -2.42. The summed E-state index contributed by atoms with van der Waals surface area (Å²) >= 11 is 0. The molecule has 0 radical (unpaired) electrons. The Morgan fingerprint density at radius 1 is 1.04 bits per heavy atom. The summed E-state index contributed by atoms with van der Waals surface area (Å²) in [5.74, 6) is -1.90. The van der Waals surface area contributed by atoms with E-state index in [9.17, 15) is 22.0 Å². The Bertz CT molecular complexity index is 967. The van der Waals surface area contributed by atoms with Gasteiger partial charge in [0.25, 0.3) is 5.91 Å². The van der Waals surface area contributed by atoms with Crippen molar-refractivity contribution in [1.29, 1.82) is 0 Å². The van der Waals surface area contributed by atoms with Crippen LogP contribution >= 0.6 is 0 Å². The number of anilines is 1. The molecule has 2 aromatic rings. The fraction of sp³-hybridized carbons (Fsp3) is 0.350. The average molecular weight is 408 g/mol. The molecule has 1 fully saturated rings. The van der Waals surface area contributed by atoms with Crippen LogP contribution in [-0.2, 0) is 10.0 Å². The second-order valence-corrected chi connectivity index (χ2v) is 9.31. The molecule has 1 heterocycles. The largest absolute Gasteiger partial charge is 0.322 e. The van der Waals surface area contributed by atoms with Gasteiger partial charge in [-0.2, -0.15) is 4.31 Å². The minimum atomic E-state index is -3.62.